The molecular weight excluding hydrogens is 270 g/mol. The van der Waals surface area contributed by atoms with Crippen LogP contribution in [0.3, 0.4) is 0 Å². The van der Waals surface area contributed by atoms with Gasteiger partial charge in [0.05, 0.1) is 17.6 Å². The van der Waals surface area contributed by atoms with Crippen LogP contribution in [0.25, 0.3) is 16.5 Å². The van der Waals surface area contributed by atoms with Crippen molar-refractivity contribution in [1.82, 2.24) is 15.0 Å². The van der Waals surface area contributed by atoms with Crippen LogP contribution in [-0.4, -0.2) is 15.0 Å². The SMILES string of the molecule is CC(C)c1cn(-c2ccc3ccc(C(C)(C)C)cc3c2)nn1. The van der Waals surface area contributed by atoms with Crippen molar-refractivity contribution in [2.75, 3.05) is 0 Å². The molecule has 0 aliphatic heterocycles. The zero-order valence-electron chi connectivity index (χ0n) is 14.0. The van der Waals surface area contributed by atoms with E-state index in [0.717, 1.165) is 11.4 Å². The number of fused-ring (bicyclic) bond motifs is 1. The molecule has 1 aromatic heterocycles. The quantitative estimate of drug-likeness (QED) is 0.676. The average molecular weight is 293 g/mol. The van der Waals surface area contributed by atoms with Gasteiger partial charge in [0.1, 0.15) is 0 Å². The van der Waals surface area contributed by atoms with Gasteiger partial charge in [0, 0.05) is 0 Å². The summed E-state index contributed by atoms with van der Waals surface area (Å²) in [5.74, 6) is 0.390. The van der Waals surface area contributed by atoms with E-state index < -0.39 is 0 Å². The molecule has 0 radical (unpaired) electrons. The van der Waals surface area contributed by atoms with E-state index in [9.17, 15) is 0 Å². The summed E-state index contributed by atoms with van der Waals surface area (Å²) in [6.07, 6.45) is 2.01. The predicted octanol–water partition coefficient (Wildman–Crippen LogP) is 4.84. The van der Waals surface area contributed by atoms with Gasteiger partial charge in [-0.1, -0.05) is 64.1 Å². The van der Waals surface area contributed by atoms with E-state index in [1.807, 2.05) is 10.9 Å². The van der Waals surface area contributed by atoms with Gasteiger partial charge in [-0.2, -0.15) is 0 Å². The Hall–Kier alpha value is -2.16. The number of benzene rings is 2. The van der Waals surface area contributed by atoms with Gasteiger partial charge < -0.3 is 0 Å². The molecule has 3 rings (SSSR count). The highest BCUT2D eigenvalue weighted by molar-refractivity contribution is 5.85. The second-order valence-corrected chi connectivity index (χ2v) is 7.24. The zero-order chi connectivity index (χ0) is 15.9. The fourth-order valence-corrected chi connectivity index (χ4v) is 2.51. The third kappa shape index (κ3) is 2.76. The molecule has 0 aliphatic carbocycles. The lowest BCUT2D eigenvalue weighted by Gasteiger charge is -2.19. The molecule has 22 heavy (non-hydrogen) atoms. The molecule has 0 unspecified atom stereocenters. The fraction of sp³-hybridized carbons (Fsp3) is 0.368. The second kappa shape index (κ2) is 5.24. The molecule has 0 spiro atoms. The molecule has 0 fully saturated rings. The fourth-order valence-electron chi connectivity index (χ4n) is 2.51. The number of rotatable bonds is 2. The monoisotopic (exact) mass is 293 g/mol. The molecule has 0 saturated heterocycles. The average Bonchev–Trinajstić information content (AvgIpc) is 2.95. The first-order valence-electron chi connectivity index (χ1n) is 7.81. The van der Waals surface area contributed by atoms with Crippen LogP contribution in [0.4, 0.5) is 0 Å². The van der Waals surface area contributed by atoms with E-state index in [1.54, 1.807) is 0 Å². The summed E-state index contributed by atoms with van der Waals surface area (Å²) in [5, 5.41) is 11.0. The van der Waals surface area contributed by atoms with Crippen molar-refractivity contribution in [1.29, 1.82) is 0 Å². The highest BCUT2D eigenvalue weighted by Gasteiger charge is 2.14. The van der Waals surface area contributed by atoms with E-state index in [4.69, 9.17) is 0 Å². The smallest absolute Gasteiger partial charge is 0.0857 e. The lowest BCUT2D eigenvalue weighted by atomic mass is 9.86. The predicted molar refractivity (Wildman–Crippen MR) is 91.7 cm³/mol. The topological polar surface area (TPSA) is 30.7 Å². The summed E-state index contributed by atoms with van der Waals surface area (Å²) < 4.78 is 1.86. The Morgan fingerprint density at radius 2 is 1.68 bits per heavy atom. The maximum absolute atomic E-state index is 4.25. The van der Waals surface area contributed by atoms with E-state index in [0.29, 0.717) is 5.92 Å². The molecule has 114 valence electrons. The molecule has 3 aromatic rings. The largest absolute Gasteiger partial charge is 0.220 e. The first-order chi connectivity index (χ1) is 10.3. The standard InChI is InChI=1S/C19H23N3/c1-13(2)18-12-22(21-20-18)17-9-7-14-6-8-16(19(3,4)5)10-15(14)11-17/h6-13H,1-5H3. The molecule has 3 nitrogen and oxygen atoms in total. The molecule has 0 bridgehead atoms. The van der Waals surface area contributed by atoms with Gasteiger partial charge in [-0.05, 0) is 39.8 Å². The minimum Gasteiger partial charge on any atom is -0.220 e. The van der Waals surface area contributed by atoms with Gasteiger partial charge in [0.25, 0.3) is 0 Å². The maximum atomic E-state index is 4.25. The first kappa shape index (κ1) is 14.8. The van der Waals surface area contributed by atoms with Crippen LogP contribution in [0.15, 0.2) is 42.6 Å². The number of aromatic nitrogens is 3. The molecule has 0 amide bonds. The van der Waals surface area contributed by atoms with Crippen molar-refractivity contribution in [3.63, 3.8) is 0 Å². The van der Waals surface area contributed by atoms with Crippen LogP contribution in [-0.2, 0) is 5.41 Å². The first-order valence-corrected chi connectivity index (χ1v) is 7.81. The number of hydrogen-bond donors (Lipinski definition) is 0. The van der Waals surface area contributed by atoms with Gasteiger partial charge in [0.2, 0.25) is 0 Å². The molecule has 3 heteroatoms. The van der Waals surface area contributed by atoms with Crippen molar-refractivity contribution in [3.05, 3.63) is 53.9 Å². The van der Waals surface area contributed by atoms with Crippen molar-refractivity contribution >= 4 is 10.8 Å². The van der Waals surface area contributed by atoms with E-state index >= 15 is 0 Å². The Morgan fingerprint density at radius 1 is 0.955 bits per heavy atom. The highest BCUT2D eigenvalue weighted by atomic mass is 15.4. The van der Waals surface area contributed by atoms with E-state index in [-0.39, 0.29) is 5.41 Å². The number of hydrogen-bond acceptors (Lipinski definition) is 2. The highest BCUT2D eigenvalue weighted by Crippen LogP contribution is 2.27. The minimum atomic E-state index is 0.155. The molecular formula is C19H23N3. The molecule has 2 aromatic carbocycles. The summed E-state index contributed by atoms with van der Waals surface area (Å²) in [5.41, 5.74) is 3.57. The van der Waals surface area contributed by atoms with Crippen LogP contribution in [0.2, 0.25) is 0 Å². The van der Waals surface area contributed by atoms with Crippen molar-refractivity contribution < 1.29 is 0 Å². The van der Waals surface area contributed by atoms with E-state index in [1.165, 1.54) is 16.3 Å². The summed E-state index contributed by atoms with van der Waals surface area (Å²) in [6.45, 7) is 11.0. The second-order valence-electron chi connectivity index (χ2n) is 7.24. The van der Waals surface area contributed by atoms with Crippen LogP contribution in [0, 0.1) is 0 Å². The molecule has 0 atom stereocenters. The Balaban J connectivity index is 2.07. The molecule has 0 aliphatic rings. The van der Waals surface area contributed by atoms with Crippen LogP contribution in [0.5, 0.6) is 0 Å². The van der Waals surface area contributed by atoms with Gasteiger partial charge in [-0.25, -0.2) is 4.68 Å². The van der Waals surface area contributed by atoms with Crippen molar-refractivity contribution in [2.45, 2.75) is 46.0 Å². The van der Waals surface area contributed by atoms with Gasteiger partial charge in [-0.3, -0.25) is 0 Å². The lowest BCUT2D eigenvalue weighted by Crippen LogP contribution is -2.10. The van der Waals surface area contributed by atoms with Crippen molar-refractivity contribution in [3.8, 4) is 5.69 Å². The zero-order valence-corrected chi connectivity index (χ0v) is 14.0. The third-order valence-electron chi connectivity index (χ3n) is 4.06. The van der Waals surface area contributed by atoms with Gasteiger partial charge >= 0.3 is 0 Å². The Labute approximate surface area is 132 Å². The molecule has 1 heterocycles. The van der Waals surface area contributed by atoms with Crippen LogP contribution in [0.1, 0.15) is 51.8 Å². The van der Waals surface area contributed by atoms with Gasteiger partial charge in [0.15, 0.2) is 0 Å². The van der Waals surface area contributed by atoms with Crippen LogP contribution < -0.4 is 0 Å². The Morgan fingerprint density at radius 3 is 2.32 bits per heavy atom. The Bertz CT molecular complexity index is 807. The number of nitrogens with zero attached hydrogens (tertiary/aromatic N) is 3. The van der Waals surface area contributed by atoms with Crippen LogP contribution >= 0.6 is 0 Å². The normalized spacial score (nSPS) is 12.3. The Kier molecular flexibility index (Phi) is 3.51. The third-order valence-corrected chi connectivity index (χ3v) is 4.06. The maximum Gasteiger partial charge on any atom is 0.0857 e. The summed E-state index contributed by atoms with van der Waals surface area (Å²) in [7, 11) is 0. The minimum absolute atomic E-state index is 0.155. The molecule has 0 N–H and O–H groups in total. The lowest BCUT2D eigenvalue weighted by molar-refractivity contribution is 0.591. The molecule has 0 saturated carbocycles. The van der Waals surface area contributed by atoms with Gasteiger partial charge in [-0.15, -0.1) is 5.10 Å². The summed E-state index contributed by atoms with van der Waals surface area (Å²) in [6, 6.07) is 13.1. The summed E-state index contributed by atoms with van der Waals surface area (Å²) >= 11 is 0. The summed E-state index contributed by atoms with van der Waals surface area (Å²) in [4.78, 5) is 0. The van der Waals surface area contributed by atoms with Crippen molar-refractivity contribution in [2.24, 2.45) is 0 Å². The van der Waals surface area contributed by atoms with E-state index in [2.05, 4.69) is 81.3 Å².